The summed E-state index contributed by atoms with van der Waals surface area (Å²) in [5.74, 6) is 0.855. The Hall–Kier alpha value is 0.440. The van der Waals surface area contributed by atoms with Gasteiger partial charge in [0.05, 0.1) is 0 Å². The quantitative estimate of drug-likeness (QED) is 0.631. The summed E-state index contributed by atoms with van der Waals surface area (Å²) in [5.41, 5.74) is 5.78. The van der Waals surface area contributed by atoms with Crippen LogP contribution in [0.5, 0.6) is 0 Å². The van der Waals surface area contributed by atoms with Gasteiger partial charge in [-0.1, -0.05) is 22.4 Å². The second kappa shape index (κ2) is 3.57. The Kier molecular flexibility index (Phi) is 2.99. The number of alkyl halides is 1. The zero-order valence-electron chi connectivity index (χ0n) is 5.65. The van der Waals surface area contributed by atoms with Crippen LogP contribution in [-0.4, -0.2) is 11.4 Å². The third kappa shape index (κ3) is 2.26. The highest BCUT2D eigenvalue weighted by Crippen LogP contribution is 2.24. The molecular weight excluding hydrogens is 178 g/mol. The maximum atomic E-state index is 5.78. The Morgan fingerprint density at radius 3 is 2.67 bits per heavy atom. The predicted molar refractivity (Wildman–Crippen MR) is 43.7 cm³/mol. The van der Waals surface area contributed by atoms with Gasteiger partial charge in [-0.2, -0.15) is 0 Å². The first-order chi connectivity index (χ1) is 4.33. The van der Waals surface area contributed by atoms with Crippen LogP contribution in [0.15, 0.2) is 0 Å². The molecule has 1 nitrogen and oxygen atoms in total. The summed E-state index contributed by atoms with van der Waals surface area (Å²) in [6.45, 7) is 0. The second-order valence-electron chi connectivity index (χ2n) is 2.95. The average molecular weight is 192 g/mol. The van der Waals surface area contributed by atoms with Gasteiger partial charge >= 0.3 is 0 Å². The summed E-state index contributed by atoms with van der Waals surface area (Å²) in [6.07, 6.45) is 5.17. The van der Waals surface area contributed by atoms with Crippen LogP contribution in [-0.2, 0) is 0 Å². The summed E-state index contributed by atoms with van der Waals surface area (Å²) >= 11 is 3.48. The zero-order chi connectivity index (χ0) is 6.69. The van der Waals surface area contributed by atoms with E-state index in [-0.39, 0.29) is 0 Å². The molecule has 0 aromatic carbocycles. The molecule has 0 amide bonds. The van der Waals surface area contributed by atoms with Crippen LogP contribution in [0.3, 0.4) is 0 Å². The Bertz CT molecular complexity index is 85.0. The van der Waals surface area contributed by atoms with Gasteiger partial charge in [-0.15, -0.1) is 0 Å². The monoisotopic (exact) mass is 191 g/mol. The lowest BCUT2D eigenvalue weighted by atomic mass is 9.88. The van der Waals surface area contributed by atoms with Gasteiger partial charge in [0, 0.05) is 11.4 Å². The van der Waals surface area contributed by atoms with E-state index in [0.29, 0.717) is 6.04 Å². The summed E-state index contributed by atoms with van der Waals surface area (Å²) < 4.78 is 0. The molecule has 1 aliphatic rings. The number of hydrogen-bond acceptors (Lipinski definition) is 1. The lowest BCUT2D eigenvalue weighted by molar-refractivity contribution is 0.350. The molecule has 1 aliphatic carbocycles. The lowest BCUT2D eigenvalue weighted by Crippen LogP contribution is -2.28. The second-order valence-corrected chi connectivity index (χ2v) is 3.59. The van der Waals surface area contributed by atoms with E-state index in [4.69, 9.17) is 5.73 Å². The topological polar surface area (TPSA) is 26.0 Å². The molecule has 1 fully saturated rings. The third-order valence-corrected chi connectivity index (χ3v) is 2.96. The number of nitrogens with two attached hydrogens (primary N) is 1. The minimum Gasteiger partial charge on any atom is -0.328 e. The fourth-order valence-electron chi connectivity index (χ4n) is 1.47. The van der Waals surface area contributed by atoms with Crippen LogP contribution >= 0.6 is 15.9 Å². The Labute approximate surface area is 65.1 Å². The standard InChI is InChI=1S/C7H14BrN/c8-5-6-2-1-3-7(9)4-6/h6-7H,1-5,9H2. The predicted octanol–water partition coefficient (Wildman–Crippen LogP) is 1.90. The summed E-state index contributed by atoms with van der Waals surface area (Å²) in [6, 6.07) is 0.487. The molecule has 2 N–H and O–H groups in total. The molecule has 0 saturated heterocycles. The molecular formula is C7H14BrN. The molecule has 0 spiro atoms. The molecule has 2 unspecified atom stereocenters. The summed E-state index contributed by atoms with van der Waals surface area (Å²) in [7, 11) is 0. The Morgan fingerprint density at radius 2 is 2.22 bits per heavy atom. The van der Waals surface area contributed by atoms with Crippen molar-refractivity contribution in [2.24, 2.45) is 11.7 Å². The highest BCUT2D eigenvalue weighted by atomic mass is 79.9. The molecule has 0 heterocycles. The van der Waals surface area contributed by atoms with Crippen molar-refractivity contribution in [3.8, 4) is 0 Å². The molecule has 0 bridgehead atoms. The molecule has 9 heavy (non-hydrogen) atoms. The average Bonchev–Trinajstić information content (AvgIpc) is 1.88. The molecule has 1 saturated carbocycles. The summed E-state index contributed by atoms with van der Waals surface area (Å²) in [5, 5.41) is 1.14. The minimum absolute atomic E-state index is 0.487. The van der Waals surface area contributed by atoms with E-state index in [1.54, 1.807) is 0 Å². The molecule has 2 atom stereocenters. The van der Waals surface area contributed by atoms with Crippen molar-refractivity contribution in [3.05, 3.63) is 0 Å². The molecule has 2 heteroatoms. The SMILES string of the molecule is NC1CCCC(CBr)C1. The fraction of sp³-hybridized carbons (Fsp3) is 1.00. The minimum atomic E-state index is 0.487. The molecule has 1 rings (SSSR count). The third-order valence-electron chi connectivity index (χ3n) is 2.04. The molecule has 54 valence electrons. The fourth-order valence-corrected chi connectivity index (χ4v) is 2.06. The Morgan fingerprint density at radius 1 is 1.44 bits per heavy atom. The maximum Gasteiger partial charge on any atom is 0.00602 e. The highest BCUT2D eigenvalue weighted by Gasteiger charge is 2.17. The van der Waals surface area contributed by atoms with Gasteiger partial charge in [0.2, 0.25) is 0 Å². The largest absolute Gasteiger partial charge is 0.328 e. The van der Waals surface area contributed by atoms with E-state index >= 15 is 0 Å². The first-order valence-corrected chi connectivity index (χ1v) is 4.76. The van der Waals surface area contributed by atoms with Gasteiger partial charge in [0.1, 0.15) is 0 Å². The van der Waals surface area contributed by atoms with Crippen molar-refractivity contribution in [2.75, 3.05) is 5.33 Å². The molecule has 0 radical (unpaired) electrons. The van der Waals surface area contributed by atoms with Crippen molar-refractivity contribution in [1.82, 2.24) is 0 Å². The molecule has 0 aliphatic heterocycles. The molecule has 0 aromatic heterocycles. The van der Waals surface area contributed by atoms with Crippen molar-refractivity contribution in [1.29, 1.82) is 0 Å². The van der Waals surface area contributed by atoms with Crippen LogP contribution in [0, 0.1) is 5.92 Å². The highest BCUT2D eigenvalue weighted by molar-refractivity contribution is 9.09. The van der Waals surface area contributed by atoms with Crippen LogP contribution in [0.4, 0.5) is 0 Å². The van der Waals surface area contributed by atoms with Gasteiger partial charge in [-0.25, -0.2) is 0 Å². The Balaban J connectivity index is 2.23. The van der Waals surface area contributed by atoms with Gasteiger partial charge in [-0.3, -0.25) is 0 Å². The van der Waals surface area contributed by atoms with Crippen LogP contribution in [0.25, 0.3) is 0 Å². The lowest BCUT2D eigenvalue weighted by Gasteiger charge is -2.24. The van der Waals surface area contributed by atoms with Crippen molar-refractivity contribution >= 4 is 15.9 Å². The van der Waals surface area contributed by atoms with Crippen molar-refractivity contribution < 1.29 is 0 Å². The van der Waals surface area contributed by atoms with Gasteiger partial charge < -0.3 is 5.73 Å². The van der Waals surface area contributed by atoms with Gasteiger partial charge in [0.25, 0.3) is 0 Å². The van der Waals surface area contributed by atoms with Crippen LogP contribution in [0.2, 0.25) is 0 Å². The van der Waals surface area contributed by atoms with E-state index in [9.17, 15) is 0 Å². The van der Waals surface area contributed by atoms with E-state index < -0.39 is 0 Å². The zero-order valence-corrected chi connectivity index (χ0v) is 7.23. The number of rotatable bonds is 1. The first kappa shape index (κ1) is 7.55. The number of hydrogen-bond donors (Lipinski definition) is 1. The maximum absolute atomic E-state index is 5.78. The molecule has 0 aromatic rings. The van der Waals surface area contributed by atoms with Crippen molar-refractivity contribution in [2.45, 2.75) is 31.7 Å². The number of halogens is 1. The smallest absolute Gasteiger partial charge is 0.00602 e. The van der Waals surface area contributed by atoms with Gasteiger partial charge in [-0.05, 0) is 25.2 Å². The summed E-state index contributed by atoms with van der Waals surface area (Å²) in [4.78, 5) is 0. The van der Waals surface area contributed by atoms with Crippen molar-refractivity contribution in [3.63, 3.8) is 0 Å². The van der Waals surface area contributed by atoms with E-state index in [1.165, 1.54) is 25.7 Å². The first-order valence-electron chi connectivity index (χ1n) is 3.64. The van der Waals surface area contributed by atoms with E-state index in [2.05, 4.69) is 15.9 Å². The van der Waals surface area contributed by atoms with Crippen LogP contribution in [0.1, 0.15) is 25.7 Å². The van der Waals surface area contributed by atoms with Gasteiger partial charge in [0.15, 0.2) is 0 Å². The van der Waals surface area contributed by atoms with E-state index in [1.807, 2.05) is 0 Å². The normalized spacial score (nSPS) is 36.7. The van der Waals surface area contributed by atoms with E-state index in [0.717, 1.165) is 11.2 Å². The van der Waals surface area contributed by atoms with Crippen LogP contribution < -0.4 is 5.73 Å².